The molecule has 5 nitrogen and oxygen atoms in total. The van der Waals surface area contributed by atoms with E-state index < -0.39 is 5.97 Å². The zero-order valence-electron chi connectivity index (χ0n) is 12.7. The average Bonchev–Trinajstić information content (AvgIpc) is 2.42. The summed E-state index contributed by atoms with van der Waals surface area (Å²) in [6, 6.07) is 5.31. The Morgan fingerprint density at radius 3 is 2.57 bits per heavy atom. The zero-order valence-corrected chi connectivity index (χ0v) is 12.7. The molecule has 1 aromatic rings. The lowest BCUT2D eigenvalue weighted by atomic mass is 10.1. The minimum Gasteiger partial charge on any atom is -0.466 e. The van der Waals surface area contributed by atoms with E-state index in [-0.39, 0.29) is 5.97 Å². The van der Waals surface area contributed by atoms with Crippen LogP contribution in [0.1, 0.15) is 48.5 Å². The van der Waals surface area contributed by atoms with Gasteiger partial charge >= 0.3 is 11.9 Å². The molecule has 0 bridgehead atoms. The lowest BCUT2D eigenvalue weighted by Crippen LogP contribution is -2.11. The molecule has 0 atom stereocenters. The number of nitrogen functional groups attached to an aromatic ring is 1. The van der Waals surface area contributed by atoms with E-state index in [0.29, 0.717) is 30.9 Å². The van der Waals surface area contributed by atoms with Gasteiger partial charge in [-0.05, 0) is 44.7 Å². The minimum atomic E-state index is -0.393. The Hall–Kier alpha value is -2.04. The van der Waals surface area contributed by atoms with Crippen LogP contribution in [0.15, 0.2) is 18.2 Å². The molecule has 5 heteroatoms. The van der Waals surface area contributed by atoms with E-state index in [0.717, 1.165) is 24.8 Å². The maximum atomic E-state index is 11.9. The minimum absolute atomic E-state index is 0.179. The SMILES string of the molecule is CCOC(=O)CCCCCOC(=O)c1c(C)cccc1N. The van der Waals surface area contributed by atoms with Crippen molar-refractivity contribution in [3.8, 4) is 0 Å². The summed E-state index contributed by atoms with van der Waals surface area (Å²) in [4.78, 5) is 23.1. The lowest BCUT2D eigenvalue weighted by molar-refractivity contribution is -0.143. The Morgan fingerprint density at radius 1 is 1.14 bits per heavy atom. The first-order valence-corrected chi connectivity index (χ1v) is 7.24. The monoisotopic (exact) mass is 293 g/mol. The van der Waals surface area contributed by atoms with Gasteiger partial charge in [0, 0.05) is 12.1 Å². The van der Waals surface area contributed by atoms with Gasteiger partial charge in [-0.2, -0.15) is 0 Å². The van der Waals surface area contributed by atoms with Gasteiger partial charge in [0.15, 0.2) is 0 Å². The van der Waals surface area contributed by atoms with Crippen molar-refractivity contribution in [2.24, 2.45) is 0 Å². The number of nitrogens with two attached hydrogens (primary N) is 1. The van der Waals surface area contributed by atoms with Crippen molar-refractivity contribution in [1.29, 1.82) is 0 Å². The molecule has 0 saturated heterocycles. The number of carbonyl (C=O) groups is 2. The molecule has 2 N–H and O–H groups in total. The summed E-state index contributed by atoms with van der Waals surface area (Å²) in [5.41, 5.74) is 7.46. The maximum absolute atomic E-state index is 11.9. The second-order valence-electron chi connectivity index (χ2n) is 4.79. The van der Waals surface area contributed by atoms with E-state index in [1.807, 2.05) is 13.0 Å². The van der Waals surface area contributed by atoms with Crippen LogP contribution in [0.25, 0.3) is 0 Å². The highest BCUT2D eigenvalue weighted by atomic mass is 16.5. The van der Waals surface area contributed by atoms with Gasteiger partial charge in [-0.25, -0.2) is 4.79 Å². The Kier molecular flexibility index (Phi) is 7.29. The Labute approximate surface area is 125 Å². The predicted octanol–water partition coefficient (Wildman–Crippen LogP) is 2.86. The number of carbonyl (C=O) groups excluding carboxylic acids is 2. The van der Waals surface area contributed by atoms with Gasteiger partial charge < -0.3 is 15.2 Å². The Balaban J connectivity index is 2.24. The van der Waals surface area contributed by atoms with Crippen molar-refractivity contribution in [2.75, 3.05) is 18.9 Å². The van der Waals surface area contributed by atoms with Gasteiger partial charge in [0.05, 0.1) is 18.8 Å². The van der Waals surface area contributed by atoms with Crippen molar-refractivity contribution in [2.45, 2.75) is 39.5 Å². The fourth-order valence-corrected chi connectivity index (χ4v) is 1.99. The number of hydrogen-bond acceptors (Lipinski definition) is 5. The highest BCUT2D eigenvalue weighted by Gasteiger charge is 2.13. The number of esters is 2. The molecule has 1 rings (SSSR count). The van der Waals surface area contributed by atoms with Gasteiger partial charge in [0.1, 0.15) is 0 Å². The molecular formula is C16H23NO4. The van der Waals surface area contributed by atoms with Crippen LogP contribution in [-0.4, -0.2) is 25.2 Å². The van der Waals surface area contributed by atoms with Gasteiger partial charge in [0.2, 0.25) is 0 Å². The molecule has 0 radical (unpaired) electrons. The molecule has 21 heavy (non-hydrogen) atoms. The summed E-state index contributed by atoms with van der Waals surface area (Å²) >= 11 is 0. The summed E-state index contributed by atoms with van der Waals surface area (Å²) in [6.07, 6.45) is 2.68. The molecule has 0 amide bonds. The van der Waals surface area contributed by atoms with Gasteiger partial charge in [-0.15, -0.1) is 0 Å². The number of unbranched alkanes of at least 4 members (excludes halogenated alkanes) is 2. The molecule has 0 aliphatic carbocycles. The number of hydrogen-bond donors (Lipinski definition) is 1. The fraction of sp³-hybridized carbons (Fsp3) is 0.500. The number of ether oxygens (including phenoxy) is 2. The number of rotatable bonds is 8. The van der Waals surface area contributed by atoms with Crippen molar-refractivity contribution < 1.29 is 19.1 Å². The van der Waals surface area contributed by atoms with Crippen molar-refractivity contribution in [3.63, 3.8) is 0 Å². The first kappa shape index (κ1) is 17.0. The van der Waals surface area contributed by atoms with Crippen LogP contribution >= 0.6 is 0 Å². The molecule has 116 valence electrons. The molecule has 0 saturated carbocycles. The topological polar surface area (TPSA) is 78.6 Å². The Bertz CT molecular complexity index is 465. The van der Waals surface area contributed by atoms with E-state index in [2.05, 4.69) is 0 Å². The van der Waals surface area contributed by atoms with Gasteiger partial charge in [0.25, 0.3) is 0 Å². The van der Waals surface area contributed by atoms with E-state index in [9.17, 15) is 9.59 Å². The van der Waals surface area contributed by atoms with Crippen LogP contribution in [0, 0.1) is 6.92 Å². The molecule has 0 fully saturated rings. The van der Waals surface area contributed by atoms with Crippen LogP contribution in [0.2, 0.25) is 0 Å². The summed E-state index contributed by atoms with van der Waals surface area (Å²) in [5.74, 6) is -0.571. The highest BCUT2D eigenvalue weighted by Crippen LogP contribution is 2.17. The van der Waals surface area contributed by atoms with Gasteiger partial charge in [-0.1, -0.05) is 12.1 Å². The summed E-state index contributed by atoms with van der Waals surface area (Å²) < 4.78 is 10.0. The third-order valence-electron chi connectivity index (χ3n) is 3.07. The number of anilines is 1. The quantitative estimate of drug-likeness (QED) is 0.453. The lowest BCUT2D eigenvalue weighted by Gasteiger charge is -2.09. The van der Waals surface area contributed by atoms with Crippen LogP contribution in [-0.2, 0) is 14.3 Å². The normalized spacial score (nSPS) is 10.2. The molecule has 0 heterocycles. The van der Waals surface area contributed by atoms with E-state index >= 15 is 0 Å². The summed E-state index contributed by atoms with van der Waals surface area (Å²) in [7, 11) is 0. The molecular weight excluding hydrogens is 270 g/mol. The van der Waals surface area contributed by atoms with Crippen LogP contribution in [0.3, 0.4) is 0 Å². The van der Waals surface area contributed by atoms with E-state index in [1.165, 1.54) is 0 Å². The van der Waals surface area contributed by atoms with E-state index in [4.69, 9.17) is 15.2 Å². The van der Waals surface area contributed by atoms with E-state index in [1.54, 1.807) is 19.1 Å². The third kappa shape index (κ3) is 5.85. The molecule has 0 unspecified atom stereocenters. The fourth-order valence-electron chi connectivity index (χ4n) is 1.99. The second kappa shape index (κ2) is 9.00. The predicted molar refractivity (Wildman–Crippen MR) is 81.0 cm³/mol. The number of benzene rings is 1. The first-order valence-electron chi connectivity index (χ1n) is 7.24. The largest absolute Gasteiger partial charge is 0.466 e. The maximum Gasteiger partial charge on any atom is 0.340 e. The summed E-state index contributed by atoms with van der Waals surface area (Å²) in [6.45, 7) is 4.35. The third-order valence-corrected chi connectivity index (χ3v) is 3.07. The zero-order chi connectivity index (χ0) is 15.7. The molecule has 0 spiro atoms. The van der Waals surface area contributed by atoms with Crippen LogP contribution in [0.4, 0.5) is 5.69 Å². The molecule has 0 aliphatic rings. The second-order valence-corrected chi connectivity index (χ2v) is 4.79. The molecule has 1 aromatic carbocycles. The van der Waals surface area contributed by atoms with Crippen LogP contribution in [0.5, 0.6) is 0 Å². The average molecular weight is 293 g/mol. The van der Waals surface area contributed by atoms with Crippen LogP contribution < -0.4 is 5.73 Å². The highest BCUT2D eigenvalue weighted by molar-refractivity contribution is 5.96. The Morgan fingerprint density at radius 2 is 1.90 bits per heavy atom. The van der Waals surface area contributed by atoms with Crippen molar-refractivity contribution in [1.82, 2.24) is 0 Å². The van der Waals surface area contributed by atoms with Crippen molar-refractivity contribution >= 4 is 17.6 Å². The first-order chi connectivity index (χ1) is 10.1. The molecule has 0 aliphatic heterocycles. The summed E-state index contributed by atoms with van der Waals surface area (Å²) in [5, 5.41) is 0. The van der Waals surface area contributed by atoms with Gasteiger partial charge in [-0.3, -0.25) is 4.79 Å². The molecule has 0 aromatic heterocycles. The number of aryl methyl sites for hydroxylation is 1. The van der Waals surface area contributed by atoms with Crippen molar-refractivity contribution in [3.05, 3.63) is 29.3 Å². The standard InChI is InChI=1S/C16H23NO4/c1-3-20-14(18)10-5-4-6-11-21-16(19)15-12(2)8-7-9-13(15)17/h7-9H,3-6,10-11,17H2,1-2H3. The smallest absolute Gasteiger partial charge is 0.340 e.